The molecule has 0 aromatic carbocycles. The van der Waals surface area contributed by atoms with Crippen LogP contribution in [0, 0.1) is 53.3 Å². The van der Waals surface area contributed by atoms with E-state index in [2.05, 4.69) is 48.3 Å². The van der Waals surface area contributed by atoms with Gasteiger partial charge in [-0.3, -0.25) is 4.90 Å². The second-order valence-electron chi connectivity index (χ2n) is 21.4. The Kier molecular flexibility index (Phi) is 17.8. The number of hydrogen-bond acceptors (Lipinski definition) is 1. The van der Waals surface area contributed by atoms with Crippen molar-refractivity contribution in [2.45, 2.75) is 250 Å². The van der Waals surface area contributed by atoms with Crippen molar-refractivity contribution in [1.82, 2.24) is 4.90 Å². The molecule has 1 nitrogen and oxygen atoms in total. The van der Waals surface area contributed by atoms with Crippen molar-refractivity contribution in [2.75, 3.05) is 0 Å². The maximum Gasteiger partial charge on any atom is 0.0102 e. The van der Waals surface area contributed by atoms with Crippen molar-refractivity contribution < 1.29 is 0 Å². The molecule has 0 amide bonds. The van der Waals surface area contributed by atoms with Gasteiger partial charge in [0.15, 0.2) is 0 Å². The molecule has 0 aromatic heterocycles. The first-order valence-electron chi connectivity index (χ1n) is 26.0. The summed E-state index contributed by atoms with van der Waals surface area (Å²) in [5.74, 6) is 8.40. The Balaban J connectivity index is 0.843. The summed E-state index contributed by atoms with van der Waals surface area (Å²) in [5.41, 5.74) is 0. The van der Waals surface area contributed by atoms with Gasteiger partial charge in [-0.05, 0) is 207 Å². The number of allylic oxidation sites excluding steroid dienone is 6. The lowest BCUT2D eigenvalue weighted by Gasteiger charge is -2.49. The van der Waals surface area contributed by atoms with Gasteiger partial charge in [0.05, 0.1) is 0 Å². The summed E-state index contributed by atoms with van der Waals surface area (Å²) in [7, 11) is 0. The van der Waals surface area contributed by atoms with Gasteiger partial charge in [-0.15, -0.1) is 0 Å². The highest BCUT2D eigenvalue weighted by molar-refractivity contribution is 5.02. The van der Waals surface area contributed by atoms with Crippen molar-refractivity contribution in [3.63, 3.8) is 0 Å². The van der Waals surface area contributed by atoms with E-state index in [0.717, 1.165) is 71.4 Å². The van der Waals surface area contributed by atoms with Crippen LogP contribution >= 0.6 is 0 Å². The predicted molar refractivity (Wildman–Crippen MR) is 239 cm³/mol. The summed E-state index contributed by atoms with van der Waals surface area (Å²) in [5, 5.41) is 0. The molecule has 1 heteroatoms. The van der Waals surface area contributed by atoms with Crippen LogP contribution in [0.3, 0.4) is 0 Å². The van der Waals surface area contributed by atoms with E-state index in [1.54, 1.807) is 0 Å². The molecule has 0 N–H and O–H groups in total. The predicted octanol–water partition coefficient (Wildman–Crippen LogP) is 16.4. The Bertz CT molecular complexity index is 1100. The van der Waals surface area contributed by atoms with Gasteiger partial charge in [0.1, 0.15) is 0 Å². The largest absolute Gasteiger partial charge is 0.294 e. The highest BCUT2D eigenvalue weighted by atomic mass is 15.2. The third kappa shape index (κ3) is 13.3. The van der Waals surface area contributed by atoms with E-state index < -0.39 is 0 Å². The van der Waals surface area contributed by atoms with E-state index in [0.29, 0.717) is 0 Å². The molecule has 7 aliphatic rings. The highest BCUT2D eigenvalue weighted by Gasteiger charge is 2.38. The van der Waals surface area contributed by atoms with Crippen LogP contribution in [0.5, 0.6) is 0 Å². The van der Waals surface area contributed by atoms with Crippen molar-refractivity contribution in [3.8, 4) is 0 Å². The topological polar surface area (TPSA) is 3.24 Å². The summed E-state index contributed by atoms with van der Waals surface area (Å²) in [6.45, 7) is 2.36. The SMILES string of the molecule is CCCCCCC1CCC(N(C2CCC(/C=C/C3CCCCC3)CC2)C2CCC(/C=C/C3CCC(C4CCC(/C=C/C5CCCCC5)CC4)CC3)CC2)CC1. The maximum absolute atomic E-state index is 3.25. The fourth-order valence-electron chi connectivity index (χ4n) is 13.9. The van der Waals surface area contributed by atoms with Crippen LogP contribution in [0.1, 0.15) is 232 Å². The molecule has 0 aliphatic heterocycles. The highest BCUT2D eigenvalue weighted by Crippen LogP contribution is 2.44. The quantitative estimate of drug-likeness (QED) is 0.119. The average molecular weight is 754 g/mol. The molecule has 0 heterocycles. The number of rotatable bonds is 15. The summed E-state index contributed by atoms with van der Waals surface area (Å²) in [4.78, 5) is 3.25. The Labute approximate surface area is 343 Å². The molecule has 0 saturated heterocycles. The van der Waals surface area contributed by atoms with Crippen LogP contribution in [0.15, 0.2) is 36.5 Å². The molecular weight excluding hydrogens is 663 g/mol. The van der Waals surface area contributed by atoms with E-state index >= 15 is 0 Å². The van der Waals surface area contributed by atoms with E-state index in [9.17, 15) is 0 Å². The molecular formula is C54H91N. The summed E-state index contributed by atoms with van der Waals surface area (Å²) in [6.07, 6.45) is 67.9. The monoisotopic (exact) mass is 754 g/mol. The van der Waals surface area contributed by atoms with Gasteiger partial charge in [-0.25, -0.2) is 0 Å². The van der Waals surface area contributed by atoms with Crippen molar-refractivity contribution in [3.05, 3.63) is 36.5 Å². The van der Waals surface area contributed by atoms with Gasteiger partial charge >= 0.3 is 0 Å². The lowest BCUT2D eigenvalue weighted by molar-refractivity contribution is 0.00783. The molecule has 312 valence electrons. The first-order chi connectivity index (χ1) is 27.2. The van der Waals surface area contributed by atoms with E-state index in [1.165, 1.54) is 225 Å². The second-order valence-corrected chi connectivity index (χ2v) is 21.4. The first-order valence-corrected chi connectivity index (χ1v) is 26.0. The fourth-order valence-corrected chi connectivity index (χ4v) is 13.9. The minimum absolute atomic E-state index is 0.854. The number of hydrogen-bond donors (Lipinski definition) is 0. The third-order valence-corrected chi connectivity index (χ3v) is 17.6. The second kappa shape index (κ2) is 23.1. The standard InChI is InChI=1S/C54H91N/c1-2-3-4-7-16-45-27-37-52(38-28-45)55(53-39-29-48(30-40-53)20-18-44-14-10-6-11-15-44)54-41-31-49(32-42-54)22-21-47-25-35-51(36-26-47)50-33-23-46(24-34-50)19-17-43-12-8-5-9-13-43/h17-22,43-54H,2-16,23-42H2,1H3/b19-17+,20-18+,22-21+. The minimum Gasteiger partial charge on any atom is -0.294 e. The molecule has 0 radical (unpaired) electrons. The van der Waals surface area contributed by atoms with Gasteiger partial charge in [-0.1, -0.05) is 114 Å². The van der Waals surface area contributed by atoms with Gasteiger partial charge in [0.25, 0.3) is 0 Å². The van der Waals surface area contributed by atoms with Gasteiger partial charge in [-0.2, -0.15) is 0 Å². The van der Waals surface area contributed by atoms with E-state index in [-0.39, 0.29) is 0 Å². The first kappa shape index (κ1) is 42.3. The third-order valence-electron chi connectivity index (χ3n) is 17.6. The fraction of sp³-hybridized carbons (Fsp3) is 0.889. The lowest BCUT2D eigenvalue weighted by Crippen LogP contribution is -2.52. The summed E-state index contributed by atoms with van der Waals surface area (Å²) in [6, 6.07) is 2.61. The van der Waals surface area contributed by atoms with E-state index in [4.69, 9.17) is 0 Å². The van der Waals surface area contributed by atoms with Crippen molar-refractivity contribution in [1.29, 1.82) is 0 Å². The molecule has 0 unspecified atom stereocenters. The normalized spacial score (nSPS) is 38.1. The summed E-state index contributed by atoms with van der Waals surface area (Å²) >= 11 is 0. The number of unbranched alkanes of at least 4 members (excludes halogenated alkanes) is 3. The molecule has 0 aromatic rings. The smallest absolute Gasteiger partial charge is 0.0102 e. The van der Waals surface area contributed by atoms with Crippen LogP contribution in [0.2, 0.25) is 0 Å². The molecule has 0 atom stereocenters. The van der Waals surface area contributed by atoms with Crippen LogP contribution in [0.4, 0.5) is 0 Å². The summed E-state index contributed by atoms with van der Waals surface area (Å²) < 4.78 is 0. The van der Waals surface area contributed by atoms with Gasteiger partial charge in [0.2, 0.25) is 0 Å². The van der Waals surface area contributed by atoms with E-state index in [1.807, 2.05) is 0 Å². The molecule has 7 aliphatic carbocycles. The molecule has 0 spiro atoms. The van der Waals surface area contributed by atoms with Crippen molar-refractivity contribution >= 4 is 0 Å². The van der Waals surface area contributed by atoms with Crippen LogP contribution in [-0.4, -0.2) is 23.0 Å². The zero-order valence-electron chi connectivity index (χ0n) is 36.6. The van der Waals surface area contributed by atoms with Crippen LogP contribution in [0.25, 0.3) is 0 Å². The Morgan fingerprint density at radius 2 is 0.655 bits per heavy atom. The molecule has 55 heavy (non-hydrogen) atoms. The Hall–Kier alpha value is -0.820. The maximum atomic E-state index is 3.25. The lowest BCUT2D eigenvalue weighted by atomic mass is 9.69. The van der Waals surface area contributed by atoms with Crippen molar-refractivity contribution in [2.24, 2.45) is 53.3 Å². The van der Waals surface area contributed by atoms with Crippen LogP contribution < -0.4 is 0 Å². The zero-order chi connectivity index (χ0) is 37.5. The van der Waals surface area contributed by atoms with Crippen LogP contribution in [-0.2, 0) is 0 Å². The minimum atomic E-state index is 0.854. The Morgan fingerprint density at radius 1 is 0.327 bits per heavy atom. The molecule has 7 fully saturated rings. The zero-order valence-corrected chi connectivity index (χ0v) is 36.6. The van der Waals surface area contributed by atoms with Gasteiger partial charge < -0.3 is 0 Å². The molecule has 0 bridgehead atoms. The molecule has 7 rings (SSSR count). The number of nitrogens with zero attached hydrogens (tertiary/aromatic N) is 1. The molecule has 7 saturated carbocycles. The van der Waals surface area contributed by atoms with Gasteiger partial charge in [0, 0.05) is 18.1 Å². The average Bonchev–Trinajstić information content (AvgIpc) is 3.25. The Morgan fingerprint density at radius 3 is 1.02 bits per heavy atom.